The lowest BCUT2D eigenvalue weighted by molar-refractivity contribution is 0.577. The number of hydrogen-bond donors (Lipinski definition) is 1. The van der Waals surface area contributed by atoms with Crippen LogP contribution < -0.4 is 0 Å². The number of nitrogens with one attached hydrogen (secondary N) is 1. The first-order valence-corrected chi connectivity index (χ1v) is 7.40. The van der Waals surface area contributed by atoms with Gasteiger partial charge in [0.25, 0.3) is 0 Å². The Bertz CT molecular complexity index is 835. The van der Waals surface area contributed by atoms with Crippen molar-refractivity contribution in [1.29, 1.82) is 0 Å². The van der Waals surface area contributed by atoms with Crippen molar-refractivity contribution in [3.8, 4) is 11.4 Å². The van der Waals surface area contributed by atoms with E-state index >= 15 is 0 Å². The largest absolute Gasteiger partial charge is 0.293 e. The van der Waals surface area contributed by atoms with E-state index in [1.54, 1.807) is 12.4 Å². The Morgan fingerprint density at radius 1 is 1.14 bits per heavy atom. The van der Waals surface area contributed by atoms with E-state index < -0.39 is 0 Å². The van der Waals surface area contributed by atoms with Gasteiger partial charge in [-0.2, -0.15) is 5.10 Å². The number of nitrogens with zero attached hydrogens (tertiary/aromatic N) is 3. The highest BCUT2D eigenvalue weighted by Crippen LogP contribution is 2.36. The predicted molar refractivity (Wildman–Crippen MR) is 83.5 cm³/mol. The molecule has 2 heterocycles. The lowest BCUT2D eigenvalue weighted by Crippen LogP contribution is -2.09. The highest BCUT2D eigenvalue weighted by atomic mass is 32.1. The molecule has 0 saturated heterocycles. The third-order valence-electron chi connectivity index (χ3n) is 4.06. The van der Waals surface area contributed by atoms with Gasteiger partial charge in [-0.25, -0.2) is 0 Å². The number of H-pyrrole nitrogens is 1. The highest BCUT2D eigenvalue weighted by Gasteiger charge is 2.26. The second-order valence-electron chi connectivity index (χ2n) is 5.21. The number of aromatic amines is 1. The topological polar surface area (TPSA) is 46.5 Å². The Kier molecular flexibility index (Phi) is 2.93. The predicted octanol–water partition coefficient (Wildman–Crippen LogP) is 3.54. The maximum absolute atomic E-state index is 5.47. The Balaban J connectivity index is 1.88. The summed E-state index contributed by atoms with van der Waals surface area (Å²) in [4.78, 5) is 4.07. The molecule has 1 aliphatic carbocycles. The molecule has 1 aliphatic rings. The van der Waals surface area contributed by atoms with Crippen molar-refractivity contribution in [2.24, 2.45) is 0 Å². The molecule has 1 aromatic carbocycles. The SMILES string of the molecule is S=c1[nH]nc(-c2ccncc2)n1[C@H]1CCc2ccccc21. The van der Waals surface area contributed by atoms with E-state index in [4.69, 9.17) is 12.2 Å². The van der Waals surface area contributed by atoms with Crippen molar-refractivity contribution in [2.75, 3.05) is 0 Å². The lowest BCUT2D eigenvalue weighted by Gasteiger charge is -2.16. The van der Waals surface area contributed by atoms with E-state index in [9.17, 15) is 0 Å². The summed E-state index contributed by atoms with van der Waals surface area (Å²) >= 11 is 5.47. The number of rotatable bonds is 2. The average Bonchev–Trinajstić information content (AvgIpc) is 3.11. The van der Waals surface area contributed by atoms with Crippen LogP contribution in [-0.4, -0.2) is 19.7 Å². The summed E-state index contributed by atoms with van der Waals surface area (Å²) < 4.78 is 2.81. The maximum atomic E-state index is 5.47. The van der Waals surface area contributed by atoms with Crippen LogP contribution in [0.15, 0.2) is 48.8 Å². The molecule has 3 aromatic rings. The number of fused-ring (bicyclic) bond motifs is 1. The van der Waals surface area contributed by atoms with Crippen LogP contribution in [0.4, 0.5) is 0 Å². The van der Waals surface area contributed by atoms with E-state index in [0.717, 1.165) is 24.2 Å². The third-order valence-corrected chi connectivity index (χ3v) is 4.34. The first-order chi connectivity index (χ1) is 10.3. The van der Waals surface area contributed by atoms with Crippen LogP contribution in [0.5, 0.6) is 0 Å². The summed E-state index contributed by atoms with van der Waals surface area (Å²) in [6.45, 7) is 0. The number of benzene rings is 1. The summed E-state index contributed by atoms with van der Waals surface area (Å²) in [6, 6.07) is 12.8. The summed E-state index contributed by atoms with van der Waals surface area (Å²) in [7, 11) is 0. The van der Waals surface area contributed by atoms with Crippen LogP contribution in [0.2, 0.25) is 0 Å². The molecule has 0 bridgehead atoms. The second-order valence-corrected chi connectivity index (χ2v) is 5.60. The fourth-order valence-electron chi connectivity index (χ4n) is 3.10. The van der Waals surface area contributed by atoms with Crippen LogP contribution >= 0.6 is 12.2 Å². The van der Waals surface area contributed by atoms with Gasteiger partial charge in [0, 0.05) is 18.0 Å². The molecule has 0 unspecified atom stereocenters. The van der Waals surface area contributed by atoms with Gasteiger partial charge < -0.3 is 0 Å². The molecule has 21 heavy (non-hydrogen) atoms. The molecule has 5 heteroatoms. The molecule has 0 radical (unpaired) electrons. The smallest absolute Gasteiger partial charge is 0.196 e. The van der Waals surface area contributed by atoms with E-state index in [2.05, 4.69) is 44.0 Å². The first kappa shape index (κ1) is 12.5. The minimum Gasteiger partial charge on any atom is -0.293 e. The van der Waals surface area contributed by atoms with E-state index in [0.29, 0.717) is 4.77 Å². The fourth-order valence-corrected chi connectivity index (χ4v) is 3.36. The quantitative estimate of drug-likeness (QED) is 0.735. The normalized spacial score (nSPS) is 16.9. The molecule has 1 N–H and O–H groups in total. The molecule has 0 aliphatic heterocycles. The molecular weight excluding hydrogens is 280 g/mol. The van der Waals surface area contributed by atoms with Gasteiger partial charge in [0.1, 0.15) is 0 Å². The molecule has 4 rings (SSSR count). The van der Waals surface area contributed by atoms with Gasteiger partial charge in [-0.15, -0.1) is 0 Å². The van der Waals surface area contributed by atoms with Crippen LogP contribution in [0.3, 0.4) is 0 Å². The summed E-state index contributed by atoms with van der Waals surface area (Å²) in [5, 5.41) is 7.36. The number of aryl methyl sites for hydroxylation is 1. The second kappa shape index (κ2) is 4.93. The highest BCUT2D eigenvalue weighted by molar-refractivity contribution is 7.71. The van der Waals surface area contributed by atoms with E-state index in [1.807, 2.05) is 12.1 Å². The van der Waals surface area contributed by atoms with Gasteiger partial charge >= 0.3 is 0 Å². The van der Waals surface area contributed by atoms with Gasteiger partial charge in [0.2, 0.25) is 0 Å². The zero-order chi connectivity index (χ0) is 14.2. The van der Waals surface area contributed by atoms with Crippen molar-refractivity contribution in [3.63, 3.8) is 0 Å². The molecule has 0 fully saturated rings. The molecular formula is C16H14N4S. The molecule has 4 nitrogen and oxygen atoms in total. The zero-order valence-corrected chi connectivity index (χ0v) is 12.2. The van der Waals surface area contributed by atoms with E-state index in [1.165, 1.54) is 11.1 Å². The van der Waals surface area contributed by atoms with Gasteiger partial charge in [0.05, 0.1) is 6.04 Å². The van der Waals surface area contributed by atoms with Gasteiger partial charge in [0.15, 0.2) is 10.6 Å². The molecule has 0 spiro atoms. The Hall–Kier alpha value is -2.27. The number of pyridine rings is 1. The minimum absolute atomic E-state index is 0.260. The Morgan fingerprint density at radius 3 is 2.81 bits per heavy atom. The average molecular weight is 294 g/mol. The maximum Gasteiger partial charge on any atom is 0.196 e. The van der Waals surface area contributed by atoms with Crippen molar-refractivity contribution in [1.82, 2.24) is 19.7 Å². The summed E-state index contributed by atoms with van der Waals surface area (Å²) in [5.74, 6) is 0.879. The standard InChI is InChI=1S/C16H14N4S/c21-16-19-18-15(12-7-9-17-10-8-12)20(16)14-6-5-11-3-1-2-4-13(11)14/h1-4,7-10,14H,5-6H2,(H,19,21)/t14-/m0/s1. The molecule has 1 atom stereocenters. The van der Waals surface area contributed by atoms with Crippen molar-refractivity contribution >= 4 is 12.2 Å². The third kappa shape index (κ3) is 2.01. The molecule has 0 saturated carbocycles. The first-order valence-electron chi connectivity index (χ1n) is 6.99. The monoisotopic (exact) mass is 294 g/mol. The Morgan fingerprint density at radius 2 is 1.95 bits per heavy atom. The zero-order valence-electron chi connectivity index (χ0n) is 11.4. The summed E-state index contributed by atoms with van der Waals surface area (Å²) in [6.07, 6.45) is 5.70. The van der Waals surface area contributed by atoms with Crippen LogP contribution in [0.1, 0.15) is 23.6 Å². The van der Waals surface area contributed by atoms with Crippen molar-refractivity contribution in [2.45, 2.75) is 18.9 Å². The van der Waals surface area contributed by atoms with Crippen LogP contribution in [-0.2, 0) is 6.42 Å². The summed E-state index contributed by atoms with van der Waals surface area (Å²) in [5.41, 5.74) is 3.79. The Labute approximate surface area is 127 Å². The lowest BCUT2D eigenvalue weighted by atomic mass is 10.1. The molecule has 0 amide bonds. The van der Waals surface area contributed by atoms with Crippen molar-refractivity contribution in [3.05, 3.63) is 64.7 Å². The molecule has 104 valence electrons. The van der Waals surface area contributed by atoms with E-state index in [-0.39, 0.29) is 6.04 Å². The van der Waals surface area contributed by atoms with Gasteiger partial charge in [-0.3, -0.25) is 14.6 Å². The fraction of sp³-hybridized carbons (Fsp3) is 0.188. The van der Waals surface area contributed by atoms with Crippen LogP contribution in [0.25, 0.3) is 11.4 Å². The number of hydrogen-bond acceptors (Lipinski definition) is 3. The molecule has 2 aromatic heterocycles. The van der Waals surface area contributed by atoms with Crippen LogP contribution in [0, 0.1) is 4.77 Å². The van der Waals surface area contributed by atoms with Crippen molar-refractivity contribution < 1.29 is 0 Å². The van der Waals surface area contributed by atoms with Gasteiger partial charge in [-0.1, -0.05) is 24.3 Å². The number of aromatic nitrogens is 4. The minimum atomic E-state index is 0.260. The van der Waals surface area contributed by atoms with Gasteiger partial charge in [-0.05, 0) is 48.3 Å².